The van der Waals surface area contributed by atoms with Gasteiger partial charge in [0.05, 0.1) is 0 Å². The zero-order chi connectivity index (χ0) is 13.3. The van der Waals surface area contributed by atoms with E-state index in [9.17, 15) is 0 Å². The van der Waals surface area contributed by atoms with E-state index in [1.54, 1.807) is 11.1 Å². The zero-order valence-electron chi connectivity index (χ0n) is 12.5. The van der Waals surface area contributed by atoms with Crippen LogP contribution in [0, 0.1) is 5.92 Å². The van der Waals surface area contributed by atoms with E-state index in [1.807, 2.05) is 0 Å². The lowest BCUT2D eigenvalue weighted by atomic mass is 9.73. The fourth-order valence-electron chi connectivity index (χ4n) is 3.06. The van der Waals surface area contributed by atoms with E-state index in [0.717, 1.165) is 12.5 Å². The van der Waals surface area contributed by atoms with Crippen molar-refractivity contribution in [2.24, 2.45) is 5.92 Å². The topological polar surface area (TPSA) is 12.0 Å². The largest absolute Gasteiger partial charge is 0.319 e. The third-order valence-electron chi connectivity index (χ3n) is 4.39. The van der Waals surface area contributed by atoms with Gasteiger partial charge in [-0.25, -0.2) is 0 Å². The molecular weight excluding hydrogens is 218 g/mol. The Hall–Kier alpha value is -0.820. The molecular formula is C17H27N. The van der Waals surface area contributed by atoms with Gasteiger partial charge in [0.1, 0.15) is 0 Å². The second-order valence-corrected chi connectivity index (χ2v) is 6.84. The van der Waals surface area contributed by atoms with Gasteiger partial charge in [0, 0.05) is 6.54 Å². The first kappa shape index (κ1) is 13.6. The molecule has 1 aliphatic rings. The molecule has 18 heavy (non-hydrogen) atoms. The fraction of sp³-hybridized carbons (Fsp3) is 0.647. The molecule has 0 saturated carbocycles. The Kier molecular flexibility index (Phi) is 3.82. The first-order valence-corrected chi connectivity index (χ1v) is 7.21. The summed E-state index contributed by atoms with van der Waals surface area (Å²) >= 11 is 0. The molecule has 1 aromatic rings. The molecule has 0 fully saturated rings. The van der Waals surface area contributed by atoms with E-state index in [4.69, 9.17) is 0 Å². The van der Waals surface area contributed by atoms with Gasteiger partial charge in [0.25, 0.3) is 0 Å². The minimum absolute atomic E-state index is 0.250. The van der Waals surface area contributed by atoms with Crippen molar-refractivity contribution in [2.75, 3.05) is 13.6 Å². The number of hydrogen-bond donors (Lipinski definition) is 1. The van der Waals surface area contributed by atoms with Crippen molar-refractivity contribution in [3.05, 3.63) is 34.9 Å². The summed E-state index contributed by atoms with van der Waals surface area (Å²) in [5.41, 5.74) is 4.88. The van der Waals surface area contributed by atoms with Crippen molar-refractivity contribution in [2.45, 2.75) is 51.9 Å². The lowest BCUT2D eigenvalue weighted by Crippen LogP contribution is -2.28. The van der Waals surface area contributed by atoms with Gasteiger partial charge in [-0.1, -0.05) is 45.9 Å². The first-order valence-electron chi connectivity index (χ1n) is 7.21. The first-order chi connectivity index (χ1) is 8.43. The molecule has 0 spiro atoms. The molecule has 0 heterocycles. The molecule has 1 aliphatic carbocycles. The van der Waals surface area contributed by atoms with E-state index in [-0.39, 0.29) is 5.41 Å². The minimum atomic E-state index is 0.250. The molecule has 1 aromatic carbocycles. The van der Waals surface area contributed by atoms with Crippen LogP contribution in [0.5, 0.6) is 0 Å². The van der Waals surface area contributed by atoms with Crippen molar-refractivity contribution in [1.29, 1.82) is 0 Å². The van der Waals surface area contributed by atoms with Crippen LogP contribution in [0.3, 0.4) is 0 Å². The van der Waals surface area contributed by atoms with E-state index in [1.165, 1.54) is 18.4 Å². The smallest absolute Gasteiger partial charge is 0.00198 e. The number of aryl methyl sites for hydroxylation is 1. The average molecular weight is 245 g/mol. The molecule has 1 N–H and O–H groups in total. The fourth-order valence-corrected chi connectivity index (χ4v) is 3.06. The van der Waals surface area contributed by atoms with Gasteiger partial charge in [-0.15, -0.1) is 0 Å². The van der Waals surface area contributed by atoms with Crippen molar-refractivity contribution in [1.82, 2.24) is 5.32 Å². The molecule has 0 bridgehead atoms. The number of fused-ring (bicyclic) bond motifs is 1. The average Bonchev–Trinajstić information content (AvgIpc) is 2.31. The van der Waals surface area contributed by atoms with Gasteiger partial charge in [0.15, 0.2) is 0 Å². The van der Waals surface area contributed by atoms with Gasteiger partial charge in [-0.2, -0.15) is 0 Å². The molecule has 1 nitrogen and oxygen atoms in total. The molecule has 0 aromatic heterocycles. The van der Waals surface area contributed by atoms with Crippen LogP contribution >= 0.6 is 0 Å². The summed E-state index contributed by atoms with van der Waals surface area (Å²) in [4.78, 5) is 0. The highest BCUT2D eigenvalue weighted by atomic mass is 14.8. The van der Waals surface area contributed by atoms with Crippen LogP contribution in [0.2, 0.25) is 0 Å². The summed E-state index contributed by atoms with van der Waals surface area (Å²) in [6.07, 6.45) is 2.58. The van der Waals surface area contributed by atoms with Gasteiger partial charge in [-0.3, -0.25) is 0 Å². The maximum Gasteiger partial charge on any atom is 0.00198 e. The van der Waals surface area contributed by atoms with Gasteiger partial charge < -0.3 is 5.32 Å². The normalized spacial score (nSPS) is 23.8. The predicted molar refractivity (Wildman–Crippen MR) is 79.3 cm³/mol. The van der Waals surface area contributed by atoms with Gasteiger partial charge in [0.2, 0.25) is 0 Å². The number of rotatable bonds is 2. The second-order valence-electron chi connectivity index (χ2n) is 6.84. The van der Waals surface area contributed by atoms with Crippen LogP contribution in [0.4, 0.5) is 0 Å². The third-order valence-corrected chi connectivity index (χ3v) is 4.39. The predicted octanol–water partition coefficient (Wildman–Crippen LogP) is 3.87. The second kappa shape index (κ2) is 5.05. The molecule has 100 valence electrons. The summed E-state index contributed by atoms with van der Waals surface area (Å²) in [7, 11) is 2.06. The zero-order valence-corrected chi connectivity index (χ0v) is 12.5. The van der Waals surface area contributed by atoms with Crippen LogP contribution in [0.15, 0.2) is 18.2 Å². The molecule has 2 atom stereocenters. The summed E-state index contributed by atoms with van der Waals surface area (Å²) in [5, 5.41) is 3.37. The number of benzene rings is 1. The standard InChI is InChI=1S/C17H27N/c1-12-6-7-13-8-9-14(17(2,3)4)10-15(13)16(12)11-18-5/h8-10,12,16,18H,6-7,11H2,1-5H3. The van der Waals surface area contributed by atoms with Crippen LogP contribution < -0.4 is 5.32 Å². The van der Waals surface area contributed by atoms with E-state index in [2.05, 4.69) is 58.3 Å². The van der Waals surface area contributed by atoms with Crippen molar-refractivity contribution in [3.8, 4) is 0 Å². The number of nitrogens with one attached hydrogen (secondary N) is 1. The Morgan fingerprint density at radius 1 is 1.28 bits per heavy atom. The van der Waals surface area contributed by atoms with E-state index < -0.39 is 0 Å². The highest BCUT2D eigenvalue weighted by Crippen LogP contribution is 2.37. The lowest BCUT2D eigenvalue weighted by molar-refractivity contribution is 0.392. The Morgan fingerprint density at radius 2 is 2.00 bits per heavy atom. The molecule has 0 radical (unpaired) electrons. The van der Waals surface area contributed by atoms with Crippen molar-refractivity contribution in [3.63, 3.8) is 0 Å². The van der Waals surface area contributed by atoms with E-state index >= 15 is 0 Å². The maximum atomic E-state index is 3.37. The monoisotopic (exact) mass is 245 g/mol. The molecule has 0 aliphatic heterocycles. The highest BCUT2D eigenvalue weighted by Gasteiger charge is 2.27. The molecule has 0 amide bonds. The summed E-state index contributed by atoms with van der Waals surface area (Å²) < 4.78 is 0. The van der Waals surface area contributed by atoms with Crippen molar-refractivity contribution >= 4 is 0 Å². The summed E-state index contributed by atoms with van der Waals surface area (Å²) in [5.74, 6) is 1.47. The van der Waals surface area contributed by atoms with Gasteiger partial charge >= 0.3 is 0 Å². The van der Waals surface area contributed by atoms with Gasteiger partial charge in [-0.05, 0) is 53.8 Å². The lowest BCUT2D eigenvalue weighted by Gasteiger charge is -2.33. The molecule has 2 unspecified atom stereocenters. The van der Waals surface area contributed by atoms with Crippen LogP contribution in [0.1, 0.15) is 56.7 Å². The Balaban J connectivity index is 2.42. The summed E-state index contributed by atoms with van der Waals surface area (Å²) in [6, 6.07) is 7.16. The SMILES string of the molecule is CNCC1c2cc(C(C)(C)C)ccc2CCC1C. The molecule has 0 saturated heterocycles. The molecule has 2 rings (SSSR count). The molecule has 1 heteroatoms. The number of hydrogen-bond acceptors (Lipinski definition) is 1. The van der Waals surface area contributed by atoms with Crippen LogP contribution in [-0.4, -0.2) is 13.6 Å². The Bertz CT molecular complexity index is 414. The summed E-state index contributed by atoms with van der Waals surface area (Å²) in [6.45, 7) is 10.4. The van der Waals surface area contributed by atoms with Crippen molar-refractivity contribution < 1.29 is 0 Å². The Morgan fingerprint density at radius 3 is 2.61 bits per heavy atom. The Labute approximate surface area is 112 Å². The quantitative estimate of drug-likeness (QED) is 0.834. The highest BCUT2D eigenvalue weighted by molar-refractivity contribution is 5.39. The van der Waals surface area contributed by atoms with Crippen LogP contribution in [-0.2, 0) is 11.8 Å². The number of likely N-dealkylation sites (N-methyl/N-ethyl adjacent to an activating group) is 1. The maximum absolute atomic E-state index is 3.37. The third kappa shape index (κ3) is 2.61. The minimum Gasteiger partial charge on any atom is -0.319 e. The van der Waals surface area contributed by atoms with E-state index in [0.29, 0.717) is 5.92 Å². The van der Waals surface area contributed by atoms with Crippen LogP contribution in [0.25, 0.3) is 0 Å².